The molecule has 0 atom stereocenters. The molecular weight excluding hydrogens is 280 g/mol. The smallest absolute Gasteiger partial charge is 0.257 e. The van der Waals surface area contributed by atoms with E-state index in [1.54, 1.807) is 6.07 Å². The summed E-state index contributed by atoms with van der Waals surface area (Å²) in [5.74, 6) is 1.44. The summed E-state index contributed by atoms with van der Waals surface area (Å²) in [4.78, 5) is 18.8. The highest BCUT2D eigenvalue weighted by Gasteiger charge is 2.25. The first-order valence-corrected chi connectivity index (χ1v) is 7.72. The third kappa shape index (κ3) is 2.71. The van der Waals surface area contributed by atoms with Gasteiger partial charge in [-0.05, 0) is 30.4 Å². The van der Waals surface area contributed by atoms with Crippen LogP contribution in [0.3, 0.4) is 0 Å². The van der Waals surface area contributed by atoms with Gasteiger partial charge in [0.05, 0.1) is 24.1 Å². The molecule has 22 heavy (non-hydrogen) atoms. The van der Waals surface area contributed by atoms with Gasteiger partial charge in [-0.15, -0.1) is 0 Å². The number of amides is 1. The first-order valence-electron chi connectivity index (χ1n) is 7.72. The average Bonchev–Trinajstić information content (AvgIpc) is 3.23. The zero-order valence-corrected chi connectivity index (χ0v) is 12.3. The lowest BCUT2D eigenvalue weighted by molar-refractivity contribution is 0.0732. The molecule has 5 nitrogen and oxygen atoms in total. The topological polar surface area (TPSA) is 55.6 Å². The van der Waals surface area contributed by atoms with Gasteiger partial charge in [0.15, 0.2) is 0 Å². The van der Waals surface area contributed by atoms with Crippen molar-refractivity contribution in [3.8, 4) is 5.88 Å². The van der Waals surface area contributed by atoms with Crippen LogP contribution in [-0.4, -0.2) is 28.9 Å². The van der Waals surface area contributed by atoms with Crippen LogP contribution < -0.4 is 4.74 Å². The molecule has 0 unspecified atom stereocenters. The fourth-order valence-electron chi connectivity index (χ4n) is 2.71. The zero-order valence-electron chi connectivity index (χ0n) is 12.3. The lowest BCUT2D eigenvalue weighted by atomic mass is 10.1. The Morgan fingerprint density at radius 3 is 3.05 bits per heavy atom. The van der Waals surface area contributed by atoms with E-state index >= 15 is 0 Å². The number of carbonyl (C=O) groups is 1. The summed E-state index contributed by atoms with van der Waals surface area (Å²) in [6.07, 6.45) is 6.33. The zero-order chi connectivity index (χ0) is 14.9. The Labute approximate surface area is 128 Å². The maximum atomic E-state index is 12.3. The monoisotopic (exact) mass is 298 g/mol. The molecule has 0 N–H and O–H groups in total. The van der Waals surface area contributed by atoms with E-state index in [-0.39, 0.29) is 5.91 Å². The number of hydrogen-bond acceptors (Lipinski definition) is 4. The first-order chi connectivity index (χ1) is 10.8. The molecule has 2 aromatic heterocycles. The molecule has 1 aliphatic heterocycles. The number of fused-ring (bicyclic) bond motifs is 1. The van der Waals surface area contributed by atoms with Gasteiger partial charge in [-0.25, -0.2) is 4.98 Å². The summed E-state index contributed by atoms with van der Waals surface area (Å²) in [7, 11) is 0. The van der Waals surface area contributed by atoms with Crippen LogP contribution in [0.4, 0.5) is 0 Å². The maximum absolute atomic E-state index is 12.3. The predicted octanol–water partition coefficient (Wildman–Crippen LogP) is 2.66. The van der Waals surface area contributed by atoms with Crippen molar-refractivity contribution in [2.45, 2.75) is 25.8 Å². The van der Waals surface area contributed by atoms with E-state index in [1.807, 2.05) is 17.0 Å². The molecule has 1 aliphatic carbocycles. The molecule has 0 saturated heterocycles. The number of rotatable bonds is 4. The fourth-order valence-corrected chi connectivity index (χ4v) is 2.71. The van der Waals surface area contributed by atoms with E-state index in [9.17, 15) is 4.79 Å². The van der Waals surface area contributed by atoms with Crippen molar-refractivity contribution in [2.75, 3.05) is 13.2 Å². The van der Waals surface area contributed by atoms with Crippen LogP contribution in [0.2, 0.25) is 0 Å². The summed E-state index contributed by atoms with van der Waals surface area (Å²) in [5, 5.41) is 0. The van der Waals surface area contributed by atoms with E-state index in [1.165, 1.54) is 25.4 Å². The second-order valence-electron chi connectivity index (χ2n) is 6.00. The van der Waals surface area contributed by atoms with Crippen LogP contribution in [0.5, 0.6) is 5.88 Å². The van der Waals surface area contributed by atoms with E-state index < -0.39 is 0 Å². The highest BCUT2D eigenvalue weighted by atomic mass is 16.5. The summed E-state index contributed by atoms with van der Waals surface area (Å²) >= 11 is 0. The molecular formula is C17H18N2O3. The number of furan rings is 1. The molecule has 5 heteroatoms. The lowest BCUT2D eigenvalue weighted by Gasteiger charge is -2.28. The van der Waals surface area contributed by atoms with Crippen LogP contribution in [0, 0.1) is 5.92 Å². The summed E-state index contributed by atoms with van der Waals surface area (Å²) in [6, 6.07) is 5.64. The third-order valence-electron chi connectivity index (χ3n) is 4.24. The van der Waals surface area contributed by atoms with E-state index in [0.717, 1.165) is 30.2 Å². The molecule has 0 spiro atoms. The van der Waals surface area contributed by atoms with Crippen molar-refractivity contribution in [2.24, 2.45) is 5.92 Å². The number of carbonyl (C=O) groups excluding carboxylic acids is 1. The molecule has 114 valence electrons. The molecule has 0 radical (unpaired) electrons. The van der Waals surface area contributed by atoms with Crippen molar-refractivity contribution in [3.63, 3.8) is 0 Å². The molecule has 2 aromatic rings. The van der Waals surface area contributed by atoms with Crippen molar-refractivity contribution in [1.29, 1.82) is 0 Å². The molecule has 1 amide bonds. The summed E-state index contributed by atoms with van der Waals surface area (Å²) in [6.45, 7) is 2.04. The van der Waals surface area contributed by atoms with Gasteiger partial charge in [0.1, 0.15) is 6.26 Å². The van der Waals surface area contributed by atoms with E-state index in [4.69, 9.17) is 9.15 Å². The highest BCUT2D eigenvalue weighted by molar-refractivity contribution is 5.93. The van der Waals surface area contributed by atoms with E-state index in [2.05, 4.69) is 4.98 Å². The van der Waals surface area contributed by atoms with Crippen molar-refractivity contribution < 1.29 is 13.9 Å². The number of hydrogen-bond donors (Lipinski definition) is 0. The van der Waals surface area contributed by atoms with Gasteiger partial charge in [-0.3, -0.25) is 4.79 Å². The SMILES string of the molecule is O=C(c1ccoc1)N1CCc2nc(OCC3CC3)ccc2C1. The van der Waals surface area contributed by atoms with Crippen molar-refractivity contribution in [3.05, 3.63) is 47.5 Å². The number of ether oxygens (including phenoxy) is 1. The molecule has 4 rings (SSSR count). The molecule has 3 heterocycles. The van der Waals surface area contributed by atoms with Gasteiger partial charge < -0.3 is 14.1 Å². The number of pyridine rings is 1. The fraction of sp³-hybridized carbons (Fsp3) is 0.412. The van der Waals surface area contributed by atoms with Crippen molar-refractivity contribution in [1.82, 2.24) is 9.88 Å². The Hall–Kier alpha value is -2.30. The maximum Gasteiger partial charge on any atom is 0.257 e. The van der Waals surface area contributed by atoms with Gasteiger partial charge in [0.25, 0.3) is 5.91 Å². The Morgan fingerprint density at radius 1 is 1.36 bits per heavy atom. The third-order valence-corrected chi connectivity index (χ3v) is 4.24. The summed E-state index contributed by atoms with van der Waals surface area (Å²) in [5.41, 5.74) is 2.74. The average molecular weight is 298 g/mol. The molecule has 0 bridgehead atoms. The standard InChI is InChI=1S/C17H18N2O3/c20-17(14-6-8-21-11-14)19-7-5-15-13(9-19)3-4-16(18-15)22-10-12-1-2-12/h3-4,6,8,11-12H,1-2,5,7,9-10H2. The van der Waals surface area contributed by atoms with Crippen LogP contribution in [0.15, 0.2) is 35.1 Å². The minimum Gasteiger partial charge on any atom is -0.477 e. The highest BCUT2D eigenvalue weighted by Crippen LogP contribution is 2.29. The Kier molecular flexibility index (Phi) is 3.33. The second kappa shape index (κ2) is 5.48. The predicted molar refractivity (Wildman–Crippen MR) is 79.6 cm³/mol. The lowest BCUT2D eigenvalue weighted by Crippen LogP contribution is -2.36. The van der Waals surface area contributed by atoms with Gasteiger partial charge in [-0.1, -0.05) is 6.07 Å². The van der Waals surface area contributed by atoms with Crippen LogP contribution in [0.1, 0.15) is 34.5 Å². The van der Waals surface area contributed by atoms with Crippen LogP contribution in [-0.2, 0) is 13.0 Å². The van der Waals surface area contributed by atoms with Crippen LogP contribution >= 0.6 is 0 Å². The minimum atomic E-state index is 0.00783. The van der Waals surface area contributed by atoms with Crippen molar-refractivity contribution >= 4 is 5.91 Å². The number of nitrogens with zero attached hydrogens (tertiary/aromatic N) is 2. The second-order valence-corrected chi connectivity index (χ2v) is 6.00. The quantitative estimate of drug-likeness (QED) is 0.871. The summed E-state index contributed by atoms with van der Waals surface area (Å²) < 4.78 is 10.7. The molecule has 0 aromatic carbocycles. The molecule has 1 fully saturated rings. The van der Waals surface area contributed by atoms with Gasteiger partial charge in [-0.2, -0.15) is 0 Å². The Morgan fingerprint density at radius 2 is 2.27 bits per heavy atom. The first kappa shape index (κ1) is 13.4. The Balaban J connectivity index is 1.45. The normalized spacial score (nSPS) is 17.2. The van der Waals surface area contributed by atoms with Gasteiger partial charge in [0.2, 0.25) is 5.88 Å². The van der Waals surface area contributed by atoms with E-state index in [0.29, 0.717) is 24.5 Å². The largest absolute Gasteiger partial charge is 0.477 e. The minimum absolute atomic E-state index is 0.00783. The van der Waals surface area contributed by atoms with Gasteiger partial charge >= 0.3 is 0 Å². The Bertz CT molecular complexity index is 677. The van der Waals surface area contributed by atoms with Crippen LogP contribution in [0.25, 0.3) is 0 Å². The molecule has 1 saturated carbocycles. The molecule has 2 aliphatic rings. The van der Waals surface area contributed by atoms with Gasteiger partial charge in [0, 0.05) is 25.6 Å². The number of aromatic nitrogens is 1.